The summed E-state index contributed by atoms with van der Waals surface area (Å²) in [5, 5.41) is 0. The molecule has 0 bridgehead atoms. The van der Waals surface area contributed by atoms with Crippen LogP contribution in [-0.4, -0.2) is 48.7 Å². The summed E-state index contributed by atoms with van der Waals surface area (Å²) in [4.78, 5) is 37.2. The first-order chi connectivity index (χ1) is 21.0. The van der Waals surface area contributed by atoms with E-state index in [1.165, 1.54) is 63.0 Å². The van der Waals surface area contributed by atoms with Crippen molar-refractivity contribution in [3.63, 3.8) is 0 Å². The van der Waals surface area contributed by atoms with Gasteiger partial charge in [-0.2, -0.15) is 0 Å². The molecule has 6 atom stereocenters. The second-order valence-corrected chi connectivity index (χ2v) is 14.4. The smallest absolute Gasteiger partial charge is 0.409 e. The average Bonchev–Trinajstić information content (AvgIpc) is 3.29. The molecule has 1 aromatic rings. The molecule has 1 aromatic carbocycles. The van der Waals surface area contributed by atoms with E-state index in [0.29, 0.717) is 36.0 Å². The van der Waals surface area contributed by atoms with Gasteiger partial charge in [-0.05, 0) is 106 Å². The van der Waals surface area contributed by atoms with Crippen LogP contribution in [0, 0.1) is 23.2 Å². The van der Waals surface area contributed by atoms with E-state index in [0.717, 1.165) is 44.9 Å². The van der Waals surface area contributed by atoms with Crippen LogP contribution in [0.25, 0.3) is 0 Å². The molecule has 2 saturated carbocycles. The number of hydrogen-bond acceptors (Lipinski definition) is 6. The monoisotopic (exact) mass is 611 g/mol. The highest BCUT2D eigenvalue weighted by Gasteiger charge is 2.58. The Morgan fingerprint density at radius 3 is 2.27 bits per heavy atom. The Morgan fingerprint density at radius 1 is 0.932 bits per heavy atom. The SMILES string of the molecule is CC(=O)Oc1ccc2c(c1)CC[C@@H]1[C@@H]2[C@@H](CCCCCCCCCCOC(=O)N(C)C(C)C)C[C@]2(C)[C@@H](OC(C)=O)CC[C@@H]12. The van der Waals surface area contributed by atoms with Crippen molar-refractivity contribution < 1.29 is 28.6 Å². The van der Waals surface area contributed by atoms with E-state index in [-0.39, 0.29) is 35.6 Å². The van der Waals surface area contributed by atoms with Gasteiger partial charge in [0.25, 0.3) is 0 Å². The Labute approximate surface area is 265 Å². The molecule has 0 spiro atoms. The summed E-state index contributed by atoms with van der Waals surface area (Å²) in [6, 6.07) is 6.48. The molecule has 2 fully saturated rings. The molecule has 0 saturated heterocycles. The topological polar surface area (TPSA) is 82.1 Å². The van der Waals surface area contributed by atoms with Gasteiger partial charge in [-0.15, -0.1) is 0 Å². The van der Waals surface area contributed by atoms with E-state index in [4.69, 9.17) is 14.2 Å². The van der Waals surface area contributed by atoms with Gasteiger partial charge in [-0.3, -0.25) is 9.59 Å². The number of fused-ring (bicyclic) bond motifs is 5. The highest BCUT2D eigenvalue weighted by Crippen LogP contribution is 2.64. The molecular weight excluding hydrogens is 554 g/mol. The number of ether oxygens (including phenoxy) is 3. The first-order valence-corrected chi connectivity index (χ1v) is 17.4. The minimum atomic E-state index is -0.275. The first-order valence-electron chi connectivity index (χ1n) is 17.4. The molecule has 0 radical (unpaired) electrons. The van der Waals surface area contributed by atoms with E-state index < -0.39 is 0 Å². The molecule has 4 rings (SSSR count). The fourth-order valence-corrected chi connectivity index (χ4v) is 8.76. The van der Waals surface area contributed by atoms with Crippen molar-refractivity contribution in [3.8, 4) is 5.75 Å². The zero-order valence-corrected chi connectivity index (χ0v) is 28.2. The number of amides is 1. The lowest BCUT2D eigenvalue weighted by Gasteiger charge is -2.54. The predicted molar refractivity (Wildman–Crippen MR) is 173 cm³/mol. The fourth-order valence-electron chi connectivity index (χ4n) is 8.76. The fraction of sp³-hybridized carbons (Fsp3) is 0.757. The van der Waals surface area contributed by atoms with E-state index in [1.807, 2.05) is 19.9 Å². The molecule has 0 heterocycles. The second kappa shape index (κ2) is 15.6. The maximum Gasteiger partial charge on any atom is 0.409 e. The zero-order valence-electron chi connectivity index (χ0n) is 28.2. The van der Waals surface area contributed by atoms with Gasteiger partial charge in [0.1, 0.15) is 11.9 Å². The van der Waals surface area contributed by atoms with Crippen molar-refractivity contribution in [1.29, 1.82) is 0 Å². The minimum Gasteiger partial charge on any atom is -0.462 e. The quantitative estimate of drug-likeness (QED) is 0.119. The van der Waals surface area contributed by atoms with Gasteiger partial charge in [-0.25, -0.2) is 4.79 Å². The zero-order chi connectivity index (χ0) is 31.9. The van der Waals surface area contributed by atoms with Crippen molar-refractivity contribution in [3.05, 3.63) is 29.3 Å². The Morgan fingerprint density at radius 2 is 1.61 bits per heavy atom. The molecule has 1 amide bonds. The minimum absolute atomic E-state index is 0.0285. The number of benzene rings is 1. The van der Waals surface area contributed by atoms with Crippen molar-refractivity contribution in [2.75, 3.05) is 13.7 Å². The molecule has 7 heteroatoms. The van der Waals surface area contributed by atoms with Crippen LogP contribution in [0.3, 0.4) is 0 Å². The van der Waals surface area contributed by atoms with E-state index >= 15 is 0 Å². The number of rotatable bonds is 14. The number of aryl methyl sites for hydroxylation is 1. The molecule has 0 N–H and O–H groups in total. The normalized spacial score (nSPS) is 27.2. The molecule has 246 valence electrons. The van der Waals surface area contributed by atoms with Gasteiger partial charge >= 0.3 is 18.0 Å². The number of unbranched alkanes of at least 4 members (excludes halogenated alkanes) is 7. The Balaban J connectivity index is 1.29. The maximum absolute atomic E-state index is 12.0. The van der Waals surface area contributed by atoms with E-state index in [9.17, 15) is 14.4 Å². The summed E-state index contributed by atoms with van der Waals surface area (Å²) >= 11 is 0. The van der Waals surface area contributed by atoms with Crippen molar-refractivity contribution in [2.24, 2.45) is 23.2 Å². The summed E-state index contributed by atoms with van der Waals surface area (Å²) in [6.07, 6.45) is 15.8. The van der Waals surface area contributed by atoms with Gasteiger partial charge in [-0.1, -0.05) is 57.9 Å². The van der Waals surface area contributed by atoms with Crippen LogP contribution in [0.4, 0.5) is 4.79 Å². The number of carbonyl (C=O) groups excluding carboxylic acids is 3. The second-order valence-electron chi connectivity index (χ2n) is 14.4. The first kappa shape index (κ1) is 34.3. The van der Waals surface area contributed by atoms with Gasteiger partial charge in [0.05, 0.1) is 6.61 Å². The van der Waals surface area contributed by atoms with Crippen LogP contribution in [0.15, 0.2) is 18.2 Å². The molecule has 0 aliphatic heterocycles. The molecule has 44 heavy (non-hydrogen) atoms. The third-order valence-corrected chi connectivity index (χ3v) is 11.1. The Hall–Kier alpha value is -2.57. The molecular formula is C37H57NO6. The van der Waals surface area contributed by atoms with Crippen molar-refractivity contribution in [1.82, 2.24) is 4.90 Å². The lowest BCUT2D eigenvalue weighted by Crippen LogP contribution is -2.48. The molecule has 7 nitrogen and oxygen atoms in total. The van der Waals surface area contributed by atoms with E-state index in [1.54, 1.807) is 18.9 Å². The van der Waals surface area contributed by atoms with Crippen LogP contribution in [0.1, 0.15) is 135 Å². The number of hydrogen-bond donors (Lipinski definition) is 0. The van der Waals surface area contributed by atoms with Gasteiger partial charge in [0.2, 0.25) is 0 Å². The standard InChI is InChI=1S/C37H57NO6/c1-25(2)38(6)36(41)42-22-14-12-10-8-7-9-11-13-15-29-24-37(5)33(20-21-34(37)44-27(4)40)32-18-16-28-23-30(43-26(3)39)17-19-31(28)35(29)32/h17,19,23,25,29,32-35H,7-16,18,20-22,24H2,1-6H3/t29-,32-,33-,34-,35+,37-/m0/s1. The summed E-state index contributed by atoms with van der Waals surface area (Å²) in [5.41, 5.74) is 2.85. The summed E-state index contributed by atoms with van der Waals surface area (Å²) in [6.45, 7) is 9.89. The third-order valence-electron chi connectivity index (χ3n) is 11.1. The lowest BCUT2D eigenvalue weighted by molar-refractivity contribution is -0.156. The van der Waals surface area contributed by atoms with Gasteiger partial charge in [0, 0.05) is 32.4 Å². The molecule has 3 aliphatic carbocycles. The third kappa shape index (κ3) is 8.37. The summed E-state index contributed by atoms with van der Waals surface area (Å²) in [5.74, 6) is 2.50. The lowest BCUT2D eigenvalue weighted by atomic mass is 9.51. The molecule has 0 unspecified atom stereocenters. The molecule has 0 aromatic heterocycles. The Kier molecular flexibility index (Phi) is 12.2. The van der Waals surface area contributed by atoms with Gasteiger partial charge < -0.3 is 19.1 Å². The van der Waals surface area contributed by atoms with Crippen LogP contribution < -0.4 is 4.74 Å². The van der Waals surface area contributed by atoms with Crippen molar-refractivity contribution in [2.45, 2.75) is 143 Å². The molecule has 3 aliphatic rings. The van der Waals surface area contributed by atoms with Gasteiger partial charge in [0.15, 0.2) is 0 Å². The summed E-state index contributed by atoms with van der Waals surface area (Å²) in [7, 11) is 1.78. The highest BCUT2D eigenvalue weighted by atomic mass is 16.6. The van der Waals surface area contributed by atoms with Crippen LogP contribution in [0.2, 0.25) is 0 Å². The van der Waals surface area contributed by atoms with E-state index in [2.05, 4.69) is 19.1 Å². The maximum atomic E-state index is 12.0. The van der Waals surface area contributed by atoms with Crippen molar-refractivity contribution >= 4 is 18.0 Å². The summed E-state index contributed by atoms with van der Waals surface area (Å²) < 4.78 is 16.8. The number of esters is 2. The van der Waals surface area contributed by atoms with Crippen LogP contribution in [-0.2, 0) is 25.5 Å². The van der Waals surface area contributed by atoms with Crippen LogP contribution in [0.5, 0.6) is 5.75 Å². The number of nitrogens with zero attached hydrogens (tertiary/aromatic N) is 1. The number of carbonyl (C=O) groups is 3. The van der Waals surface area contributed by atoms with Crippen LogP contribution >= 0.6 is 0 Å². The largest absolute Gasteiger partial charge is 0.462 e. The average molecular weight is 612 g/mol. The Bertz CT molecular complexity index is 1130. The predicted octanol–water partition coefficient (Wildman–Crippen LogP) is 8.61. The highest BCUT2D eigenvalue weighted by molar-refractivity contribution is 5.69.